The fourth-order valence-electron chi connectivity index (χ4n) is 2.08. The summed E-state index contributed by atoms with van der Waals surface area (Å²) in [6, 6.07) is 4.44. The molecule has 1 nitrogen and oxygen atoms in total. The third-order valence-electron chi connectivity index (χ3n) is 3.18. The highest BCUT2D eigenvalue weighted by Crippen LogP contribution is 2.16. The second-order valence-electron chi connectivity index (χ2n) is 4.73. The molecule has 96 valence electrons. The van der Waals surface area contributed by atoms with Crippen LogP contribution in [0.5, 0.6) is 0 Å². The highest BCUT2D eigenvalue weighted by Gasteiger charge is 2.12. The van der Waals surface area contributed by atoms with Crippen LogP contribution >= 0.6 is 0 Å². The Bertz CT molecular complexity index is 330. The maximum atomic E-state index is 13.4. The van der Waals surface area contributed by atoms with E-state index in [-0.39, 0.29) is 5.56 Å². The van der Waals surface area contributed by atoms with E-state index in [9.17, 15) is 8.78 Å². The molecule has 0 heterocycles. The lowest BCUT2D eigenvalue weighted by molar-refractivity contribution is 0.391. The summed E-state index contributed by atoms with van der Waals surface area (Å²) in [5.41, 5.74) is 0.214. The Morgan fingerprint density at radius 2 is 1.76 bits per heavy atom. The van der Waals surface area contributed by atoms with Gasteiger partial charge in [-0.2, -0.15) is 0 Å². The molecule has 0 radical (unpaired) electrons. The van der Waals surface area contributed by atoms with Gasteiger partial charge in [0.1, 0.15) is 11.6 Å². The lowest BCUT2D eigenvalue weighted by Gasteiger charge is -2.19. The van der Waals surface area contributed by atoms with E-state index in [1.807, 2.05) is 7.05 Å². The summed E-state index contributed by atoms with van der Waals surface area (Å²) in [5, 5.41) is 3.23. The van der Waals surface area contributed by atoms with Crippen molar-refractivity contribution in [2.75, 3.05) is 7.05 Å². The topological polar surface area (TPSA) is 12.0 Å². The molecule has 17 heavy (non-hydrogen) atoms. The second kappa shape index (κ2) is 6.70. The van der Waals surface area contributed by atoms with Gasteiger partial charge in [-0.15, -0.1) is 0 Å². The van der Waals surface area contributed by atoms with Gasteiger partial charge in [-0.25, -0.2) is 8.78 Å². The van der Waals surface area contributed by atoms with E-state index < -0.39 is 11.6 Å². The number of halogens is 2. The van der Waals surface area contributed by atoms with Crippen molar-refractivity contribution in [1.29, 1.82) is 0 Å². The molecule has 1 rings (SSSR count). The summed E-state index contributed by atoms with van der Waals surface area (Å²) in [6.07, 6.45) is 2.19. The summed E-state index contributed by atoms with van der Waals surface area (Å²) in [4.78, 5) is 0. The van der Waals surface area contributed by atoms with Gasteiger partial charge in [0, 0.05) is 11.6 Å². The van der Waals surface area contributed by atoms with Crippen molar-refractivity contribution in [3.8, 4) is 0 Å². The first-order chi connectivity index (χ1) is 8.06. The minimum atomic E-state index is -0.435. The Morgan fingerprint density at radius 1 is 1.18 bits per heavy atom. The van der Waals surface area contributed by atoms with E-state index in [1.54, 1.807) is 0 Å². The third-order valence-corrected chi connectivity index (χ3v) is 3.18. The SMILES string of the molecule is CNC(CCCc1c(F)cccc1F)C(C)C. The molecule has 0 saturated heterocycles. The molecule has 0 bridgehead atoms. The smallest absolute Gasteiger partial charge is 0.129 e. The Kier molecular flexibility index (Phi) is 5.56. The minimum absolute atomic E-state index is 0.214. The molecule has 1 unspecified atom stereocenters. The zero-order valence-corrected chi connectivity index (χ0v) is 10.8. The molecule has 0 aliphatic carbocycles. The van der Waals surface area contributed by atoms with Crippen LogP contribution in [0.1, 0.15) is 32.3 Å². The summed E-state index contributed by atoms with van der Waals surface area (Å²) in [7, 11) is 1.92. The van der Waals surface area contributed by atoms with E-state index in [0.717, 1.165) is 12.8 Å². The number of hydrogen-bond acceptors (Lipinski definition) is 1. The number of hydrogen-bond donors (Lipinski definition) is 1. The highest BCUT2D eigenvalue weighted by atomic mass is 19.1. The average molecular weight is 241 g/mol. The third kappa shape index (κ3) is 4.08. The van der Waals surface area contributed by atoms with Crippen LogP contribution < -0.4 is 5.32 Å². The zero-order valence-electron chi connectivity index (χ0n) is 10.8. The first-order valence-corrected chi connectivity index (χ1v) is 6.16. The van der Waals surface area contributed by atoms with Crippen LogP contribution in [0.3, 0.4) is 0 Å². The van der Waals surface area contributed by atoms with Gasteiger partial charge in [0.2, 0.25) is 0 Å². The maximum absolute atomic E-state index is 13.4. The summed E-state index contributed by atoms with van der Waals surface area (Å²) < 4.78 is 26.7. The largest absolute Gasteiger partial charge is 0.317 e. The standard InChI is InChI=1S/C14H21F2N/c1-10(2)14(17-3)9-4-6-11-12(15)7-5-8-13(11)16/h5,7-8,10,14,17H,4,6,9H2,1-3H3. The van der Waals surface area contributed by atoms with Crippen molar-refractivity contribution in [2.45, 2.75) is 39.2 Å². The predicted molar refractivity (Wildman–Crippen MR) is 67.0 cm³/mol. The van der Waals surface area contributed by atoms with E-state index >= 15 is 0 Å². The Hall–Kier alpha value is -0.960. The van der Waals surface area contributed by atoms with Gasteiger partial charge in [-0.05, 0) is 44.4 Å². The van der Waals surface area contributed by atoms with E-state index in [1.165, 1.54) is 18.2 Å². The maximum Gasteiger partial charge on any atom is 0.129 e. The summed E-state index contributed by atoms with van der Waals surface area (Å²) in [5.74, 6) is -0.337. The van der Waals surface area contributed by atoms with E-state index in [2.05, 4.69) is 19.2 Å². The number of benzene rings is 1. The average Bonchev–Trinajstić information content (AvgIpc) is 2.27. The van der Waals surface area contributed by atoms with Crippen LogP contribution in [-0.4, -0.2) is 13.1 Å². The Labute approximate surface area is 102 Å². The molecule has 3 heteroatoms. The van der Waals surface area contributed by atoms with Gasteiger partial charge in [-0.1, -0.05) is 19.9 Å². The number of rotatable bonds is 6. The summed E-state index contributed by atoms with van der Waals surface area (Å²) in [6.45, 7) is 4.29. The van der Waals surface area contributed by atoms with Crippen LogP contribution in [0.25, 0.3) is 0 Å². The monoisotopic (exact) mass is 241 g/mol. The van der Waals surface area contributed by atoms with Gasteiger partial charge in [-0.3, -0.25) is 0 Å². The van der Waals surface area contributed by atoms with Crippen molar-refractivity contribution in [1.82, 2.24) is 5.32 Å². The van der Waals surface area contributed by atoms with Crippen LogP contribution in [0.4, 0.5) is 8.78 Å². The van der Waals surface area contributed by atoms with Crippen molar-refractivity contribution < 1.29 is 8.78 Å². The molecular weight excluding hydrogens is 220 g/mol. The minimum Gasteiger partial charge on any atom is -0.317 e. The van der Waals surface area contributed by atoms with Gasteiger partial charge in [0.25, 0.3) is 0 Å². The molecule has 0 spiro atoms. The highest BCUT2D eigenvalue weighted by molar-refractivity contribution is 5.19. The molecule has 0 aromatic heterocycles. The van der Waals surface area contributed by atoms with Gasteiger partial charge in [0.15, 0.2) is 0 Å². The molecule has 0 amide bonds. The normalized spacial score (nSPS) is 13.1. The van der Waals surface area contributed by atoms with Crippen molar-refractivity contribution >= 4 is 0 Å². The molecular formula is C14H21F2N. The van der Waals surface area contributed by atoms with Gasteiger partial charge >= 0.3 is 0 Å². The molecule has 0 aliphatic heterocycles. The predicted octanol–water partition coefficient (Wildman–Crippen LogP) is 3.53. The lowest BCUT2D eigenvalue weighted by atomic mass is 9.97. The van der Waals surface area contributed by atoms with Crippen LogP contribution in [-0.2, 0) is 6.42 Å². The van der Waals surface area contributed by atoms with Crippen molar-refractivity contribution in [3.63, 3.8) is 0 Å². The van der Waals surface area contributed by atoms with Crippen molar-refractivity contribution in [3.05, 3.63) is 35.4 Å². The molecule has 0 saturated carbocycles. The van der Waals surface area contributed by atoms with Crippen LogP contribution in [0.15, 0.2) is 18.2 Å². The molecule has 0 aliphatic rings. The van der Waals surface area contributed by atoms with Gasteiger partial charge < -0.3 is 5.32 Å². The Morgan fingerprint density at radius 3 is 2.24 bits per heavy atom. The second-order valence-corrected chi connectivity index (χ2v) is 4.73. The molecule has 1 aromatic rings. The zero-order chi connectivity index (χ0) is 12.8. The van der Waals surface area contributed by atoms with E-state index in [4.69, 9.17) is 0 Å². The fourth-order valence-corrected chi connectivity index (χ4v) is 2.08. The quantitative estimate of drug-likeness (QED) is 0.803. The Balaban J connectivity index is 2.51. The lowest BCUT2D eigenvalue weighted by Crippen LogP contribution is -2.30. The van der Waals surface area contributed by atoms with Crippen LogP contribution in [0, 0.1) is 17.6 Å². The van der Waals surface area contributed by atoms with Crippen LogP contribution in [0.2, 0.25) is 0 Å². The van der Waals surface area contributed by atoms with Crippen molar-refractivity contribution in [2.24, 2.45) is 5.92 Å². The molecule has 0 fully saturated rings. The molecule has 1 atom stereocenters. The number of nitrogens with one attached hydrogen (secondary N) is 1. The van der Waals surface area contributed by atoms with E-state index in [0.29, 0.717) is 18.4 Å². The first-order valence-electron chi connectivity index (χ1n) is 6.16. The first kappa shape index (κ1) is 14.1. The van der Waals surface area contributed by atoms with Gasteiger partial charge in [0.05, 0.1) is 0 Å². The molecule has 1 aromatic carbocycles. The summed E-state index contributed by atoms with van der Waals surface area (Å²) >= 11 is 0. The molecule has 1 N–H and O–H groups in total. The fraction of sp³-hybridized carbons (Fsp3) is 0.571.